The van der Waals surface area contributed by atoms with Gasteiger partial charge < -0.3 is 14.0 Å². The van der Waals surface area contributed by atoms with Crippen LogP contribution >= 0.6 is 34.8 Å². The molecule has 0 bridgehead atoms. The van der Waals surface area contributed by atoms with E-state index in [1.165, 1.54) is 12.3 Å². The first-order valence-electron chi connectivity index (χ1n) is 10.5. The summed E-state index contributed by atoms with van der Waals surface area (Å²) >= 11 is 19.0. The van der Waals surface area contributed by atoms with E-state index in [-0.39, 0.29) is 44.5 Å². The summed E-state index contributed by atoms with van der Waals surface area (Å²) in [5.74, 6) is -1.40. The summed E-state index contributed by atoms with van der Waals surface area (Å²) in [6, 6.07) is 3.88. The van der Waals surface area contributed by atoms with E-state index in [2.05, 4.69) is 15.1 Å². The fourth-order valence-electron chi connectivity index (χ4n) is 3.81. The quantitative estimate of drug-likeness (QED) is 0.269. The van der Waals surface area contributed by atoms with Gasteiger partial charge in [-0.2, -0.15) is 18.2 Å². The molecule has 13 heteroatoms. The molecule has 1 unspecified atom stereocenters. The van der Waals surface area contributed by atoms with Gasteiger partial charge in [0.05, 0.1) is 22.0 Å². The van der Waals surface area contributed by atoms with Crippen LogP contribution in [0.1, 0.15) is 44.2 Å². The summed E-state index contributed by atoms with van der Waals surface area (Å²) in [6.45, 7) is 5.72. The molecule has 0 radical (unpaired) electrons. The Morgan fingerprint density at radius 3 is 2.36 bits per heavy atom. The van der Waals surface area contributed by atoms with E-state index in [4.69, 9.17) is 39.3 Å². The largest absolute Gasteiger partial charge is 0.481 e. The van der Waals surface area contributed by atoms with Gasteiger partial charge in [0.2, 0.25) is 5.82 Å². The van der Waals surface area contributed by atoms with Crippen LogP contribution in [0.4, 0.5) is 13.2 Å². The lowest BCUT2D eigenvalue weighted by Gasteiger charge is -2.31. The topological polar surface area (TPSA) is 93.5 Å². The highest BCUT2D eigenvalue weighted by Gasteiger charge is 2.33. The van der Waals surface area contributed by atoms with Crippen molar-refractivity contribution in [2.75, 3.05) is 0 Å². The van der Waals surface area contributed by atoms with Crippen LogP contribution in [0.3, 0.4) is 0 Å². The molecule has 0 saturated heterocycles. The Morgan fingerprint density at radius 2 is 1.75 bits per heavy atom. The third-order valence-electron chi connectivity index (χ3n) is 5.61. The molecule has 1 atom stereocenters. The summed E-state index contributed by atoms with van der Waals surface area (Å²) in [5, 5.41) is 13.6. The third kappa shape index (κ3) is 5.16. The lowest BCUT2D eigenvalue weighted by atomic mass is 9.74. The maximum absolute atomic E-state index is 13.1. The lowest BCUT2D eigenvalue weighted by Crippen LogP contribution is -2.22. The van der Waals surface area contributed by atoms with Crippen LogP contribution in [0.2, 0.25) is 15.1 Å². The lowest BCUT2D eigenvalue weighted by molar-refractivity contribution is -0.138. The van der Waals surface area contributed by atoms with Gasteiger partial charge >= 0.3 is 12.1 Å². The summed E-state index contributed by atoms with van der Waals surface area (Å²) < 4.78 is 45.7. The zero-order valence-electron chi connectivity index (χ0n) is 19.0. The van der Waals surface area contributed by atoms with E-state index in [1.807, 2.05) is 20.8 Å². The number of carboxylic acid groups (broad SMARTS) is 1. The van der Waals surface area contributed by atoms with Gasteiger partial charge in [0, 0.05) is 28.9 Å². The van der Waals surface area contributed by atoms with Crippen LogP contribution in [0.5, 0.6) is 0 Å². The summed E-state index contributed by atoms with van der Waals surface area (Å²) in [7, 11) is 0. The normalized spacial score (nSPS) is 13.4. The molecule has 0 saturated carbocycles. The van der Waals surface area contributed by atoms with Gasteiger partial charge in [-0.3, -0.25) is 4.79 Å². The number of imidazole rings is 1. The van der Waals surface area contributed by atoms with Crippen molar-refractivity contribution in [2.24, 2.45) is 5.41 Å². The molecular formula is C23H18Cl3F3N4O3. The average Bonchev–Trinajstić information content (AvgIpc) is 3.39. The monoisotopic (exact) mass is 560 g/mol. The number of aromatic nitrogens is 4. The van der Waals surface area contributed by atoms with E-state index in [0.717, 1.165) is 16.7 Å². The molecule has 3 aromatic heterocycles. The minimum Gasteiger partial charge on any atom is -0.481 e. The molecule has 36 heavy (non-hydrogen) atoms. The van der Waals surface area contributed by atoms with Gasteiger partial charge in [0.25, 0.3) is 5.89 Å². The van der Waals surface area contributed by atoms with E-state index in [1.54, 1.807) is 6.07 Å². The highest BCUT2D eigenvalue weighted by molar-refractivity contribution is 6.36. The van der Waals surface area contributed by atoms with Gasteiger partial charge in [-0.05, 0) is 29.2 Å². The summed E-state index contributed by atoms with van der Waals surface area (Å²) in [4.78, 5) is 19.9. The van der Waals surface area contributed by atoms with Crippen LogP contribution < -0.4 is 0 Å². The van der Waals surface area contributed by atoms with E-state index in [0.29, 0.717) is 11.1 Å². The maximum Gasteiger partial charge on any atom is 0.417 e. The number of pyridine rings is 1. The number of fused-ring (bicyclic) bond motifs is 1. The van der Waals surface area contributed by atoms with Crippen LogP contribution in [0.15, 0.2) is 35.1 Å². The number of benzene rings is 1. The molecule has 4 aromatic rings. The second-order valence-corrected chi connectivity index (χ2v) is 10.4. The molecule has 7 nitrogen and oxygen atoms in total. The Balaban J connectivity index is 1.72. The maximum atomic E-state index is 13.1. The van der Waals surface area contributed by atoms with Crippen LogP contribution in [-0.4, -0.2) is 30.6 Å². The van der Waals surface area contributed by atoms with E-state index in [9.17, 15) is 23.1 Å². The molecule has 1 N–H and O–H groups in total. The molecule has 0 aliphatic heterocycles. The SMILES string of the molecule is CC(C)(C)C(CC(=O)O)c1cc(Cl)c(-c2noc(-c3cn4cc(C(F)(F)F)cc(Cl)c4n3)n2)cc1Cl. The van der Waals surface area contributed by atoms with Crippen molar-refractivity contribution in [2.45, 2.75) is 39.3 Å². The molecular weight excluding hydrogens is 544 g/mol. The number of halogens is 6. The van der Waals surface area contributed by atoms with Crippen LogP contribution in [0.25, 0.3) is 28.6 Å². The Bertz CT molecular complexity index is 1480. The number of carboxylic acids is 1. The van der Waals surface area contributed by atoms with Crippen molar-refractivity contribution in [3.63, 3.8) is 0 Å². The van der Waals surface area contributed by atoms with Crippen molar-refractivity contribution >= 4 is 46.4 Å². The molecule has 0 amide bonds. The fourth-order valence-corrected chi connectivity index (χ4v) is 4.62. The van der Waals surface area contributed by atoms with Gasteiger partial charge in [0.15, 0.2) is 5.65 Å². The molecule has 0 aliphatic rings. The van der Waals surface area contributed by atoms with Crippen molar-refractivity contribution in [3.8, 4) is 23.0 Å². The molecule has 0 spiro atoms. The Hall–Kier alpha value is -2.82. The molecule has 3 heterocycles. The van der Waals surface area contributed by atoms with Crippen LogP contribution in [-0.2, 0) is 11.0 Å². The second kappa shape index (κ2) is 9.24. The minimum absolute atomic E-state index is 0.0631. The minimum atomic E-state index is -4.58. The highest BCUT2D eigenvalue weighted by atomic mass is 35.5. The zero-order chi connectivity index (χ0) is 26.6. The van der Waals surface area contributed by atoms with Gasteiger partial charge in [0.1, 0.15) is 5.69 Å². The highest BCUT2D eigenvalue weighted by Crippen LogP contribution is 2.44. The van der Waals surface area contributed by atoms with Gasteiger partial charge in [-0.15, -0.1) is 0 Å². The molecule has 1 aromatic carbocycles. The molecule has 0 aliphatic carbocycles. The Morgan fingerprint density at radius 1 is 1.06 bits per heavy atom. The smallest absolute Gasteiger partial charge is 0.417 e. The number of hydrogen-bond donors (Lipinski definition) is 1. The van der Waals surface area contributed by atoms with E-state index < -0.39 is 29.0 Å². The predicted octanol–water partition coefficient (Wildman–Crippen LogP) is 7.63. The van der Waals surface area contributed by atoms with Crippen molar-refractivity contribution < 1.29 is 27.6 Å². The molecule has 0 fully saturated rings. The summed E-state index contributed by atoms with van der Waals surface area (Å²) in [5.41, 5.74) is -0.278. The fraction of sp³-hybridized carbons (Fsp3) is 0.304. The molecule has 190 valence electrons. The Kier molecular flexibility index (Phi) is 6.74. The third-order valence-corrected chi connectivity index (χ3v) is 6.52. The number of alkyl halides is 3. The standard InChI is InChI=1S/C23H18Cl3F3N4O3/c1-22(2,3)13(7-18(34)35)11-5-15(25)12(6-14(11)24)19-31-21(36-32-19)17-9-33-8-10(23(27,28)29)4-16(26)20(33)30-17/h4-6,8-9,13H,7H2,1-3H3,(H,34,35). The Labute approximate surface area is 217 Å². The first-order valence-corrected chi connectivity index (χ1v) is 11.6. The number of rotatable bonds is 5. The number of aliphatic carboxylic acids is 1. The predicted molar refractivity (Wildman–Crippen MR) is 128 cm³/mol. The molecule has 4 rings (SSSR count). The van der Waals surface area contributed by atoms with Crippen molar-refractivity contribution in [1.82, 2.24) is 19.5 Å². The van der Waals surface area contributed by atoms with Gasteiger partial charge in [-0.1, -0.05) is 60.7 Å². The van der Waals surface area contributed by atoms with Crippen molar-refractivity contribution in [3.05, 3.63) is 56.8 Å². The van der Waals surface area contributed by atoms with Gasteiger partial charge in [-0.25, -0.2) is 4.98 Å². The number of hydrogen-bond acceptors (Lipinski definition) is 5. The average molecular weight is 562 g/mol. The number of nitrogens with zero attached hydrogens (tertiary/aromatic N) is 4. The second-order valence-electron chi connectivity index (χ2n) is 9.22. The first kappa shape index (κ1) is 26.2. The first-order chi connectivity index (χ1) is 16.6. The zero-order valence-corrected chi connectivity index (χ0v) is 21.3. The van der Waals surface area contributed by atoms with Crippen LogP contribution in [0, 0.1) is 5.41 Å². The summed E-state index contributed by atoms with van der Waals surface area (Å²) in [6.07, 6.45) is -2.59. The van der Waals surface area contributed by atoms with E-state index >= 15 is 0 Å². The van der Waals surface area contributed by atoms with Crippen molar-refractivity contribution in [1.29, 1.82) is 0 Å². The number of carbonyl (C=O) groups is 1.